The van der Waals surface area contributed by atoms with Gasteiger partial charge in [-0.05, 0) is 48.7 Å². The van der Waals surface area contributed by atoms with Crippen molar-refractivity contribution in [3.8, 4) is 5.75 Å². The minimum atomic E-state index is -3.54. The molecule has 22 heavy (non-hydrogen) atoms. The summed E-state index contributed by atoms with van der Waals surface area (Å²) in [5, 5.41) is 0. The van der Waals surface area contributed by atoms with Crippen molar-refractivity contribution in [3.63, 3.8) is 0 Å². The maximum atomic E-state index is 12.4. The minimum absolute atomic E-state index is 0.277. The molecular weight excluding hydrogens is 298 g/mol. The van der Waals surface area contributed by atoms with E-state index in [2.05, 4.69) is 4.72 Å². The van der Waals surface area contributed by atoms with Crippen molar-refractivity contribution < 1.29 is 13.2 Å². The van der Waals surface area contributed by atoms with Gasteiger partial charge in [0.1, 0.15) is 5.75 Å². The van der Waals surface area contributed by atoms with E-state index in [0.717, 1.165) is 17.5 Å². The third kappa shape index (κ3) is 3.87. The average molecular weight is 319 g/mol. The second-order valence-electron chi connectivity index (χ2n) is 5.12. The number of methoxy groups -OCH3 is 1. The maximum Gasteiger partial charge on any atom is 0.241 e. The van der Waals surface area contributed by atoms with Crippen molar-refractivity contribution in [2.24, 2.45) is 0 Å². The number of benzene rings is 2. The molecule has 0 spiro atoms. The Balaban J connectivity index is 2.19. The van der Waals surface area contributed by atoms with Crippen LogP contribution in [-0.2, 0) is 16.4 Å². The van der Waals surface area contributed by atoms with Crippen LogP contribution in [0.25, 0.3) is 0 Å². The van der Waals surface area contributed by atoms with Crippen molar-refractivity contribution in [1.29, 1.82) is 0 Å². The Labute approximate surface area is 132 Å². The first-order chi connectivity index (χ1) is 10.5. The SMILES string of the molecule is CCc1ccc(S(=O)(=O)NC(C)c2cccc(OC)c2)cc1. The van der Waals surface area contributed by atoms with Gasteiger partial charge in [0.05, 0.1) is 12.0 Å². The fraction of sp³-hybridized carbons (Fsp3) is 0.294. The largest absolute Gasteiger partial charge is 0.497 e. The van der Waals surface area contributed by atoms with E-state index in [4.69, 9.17) is 4.74 Å². The summed E-state index contributed by atoms with van der Waals surface area (Å²) in [5.74, 6) is 0.704. The number of rotatable bonds is 6. The highest BCUT2D eigenvalue weighted by atomic mass is 32.2. The Morgan fingerprint density at radius 2 is 1.82 bits per heavy atom. The summed E-state index contributed by atoms with van der Waals surface area (Å²) in [5.41, 5.74) is 1.97. The number of nitrogens with one attached hydrogen (secondary N) is 1. The highest BCUT2D eigenvalue weighted by Gasteiger charge is 2.18. The third-order valence-corrected chi connectivity index (χ3v) is 5.12. The molecule has 2 rings (SSSR count). The first-order valence-corrected chi connectivity index (χ1v) is 8.70. The minimum Gasteiger partial charge on any atom is -0.497 e. The summed E-state index contributed by atoms with van der Waals surface area (Å²) < 4.78 is 32.7. The zero-order chi connectivity index (χ0) is 16.2. The molecule has 2 aromatic carbocycles. The van der Waals surface area contributed by atoms with Gasteiger partial charge in [-0.25, -0.2) is 13.1 Å². The number of hydrogen-bond acceptors (Lipinski definition) is 3. The number of ether oxygens (including phenoxy) is 1. The van der Waals surface area contributed by atoms with Gasteiger partial charge in [0.15, 0.2) is 0 Å². The molecule has 0 saturated carbocycles. The molecule has 0 aliphatic rings. The zero-order valence-corrected chi connectivity index (χ0v) is 13.9. The normalized spacial score (nSPS) is 12.9. The van der Waals surface area contributed by atoms with Crippen LogP contribution in [0.5, 0.6) is 5.75 Å². The molecule has 0 radical (unpaired) electrons. The number of aryl methyl sites for hydroxylation is 1. The van der Waals surface area contributed by atoms with Gasteiger partial charge in [0.2, 0.25) is 10.0 Å². The summed E-state index contributed by atoms with van der Waals surface area (Å²) in [6.45, 7) is 3.85. The van der Waals surface area contributed by atoms with Gasteiger partial charge in [-0.15, -0.1) is 0 Å². The number of sulfonamides is 1. The molecule has 118 valence electrons. The summed E-state index contributed by atoms with van der Waals surface area (Å²) in [4.78, 5) is 0.277. The fourth-order valence-corrected chi connectivity index (χ4v) is 3.42. The Morgan fingerprint density at radius 1 is 1.14 bits per heavy atom. The molecule has 0 aliphatic heterocycles. The summed E-state index contributed by atoms with van der Waals surface area (Å²) in [6, 6.07) is 14.0. The first kappa shape index (κ1) is 16.5. The van der Waals surface area contributed by atoms with Crippen LogP contribution in [0.2, 0.25) is 0 Å². The summed E-state index contributed by atoms with van der Waals surface area (Å²) >= 11 is 0. The molecule has 0 aromatic heterocycles. The smallest absolute Gasteiger partial charge is 0.241 e. The van der Waals surface area contributed by atoms with Crippen LogP contribution in [0.1, 0.15) is 31.0 Å². The second kappa shape index (κ2) is 6.94. The van der Waals surface area contributed by atoms with E-state index >= 15 is 0 Å². The van der Waals surface area contributed by atoms with Crippen LogP contribution in [0.3, 0.4) is 0 Å². The molecule has 0 amide bonds. The van der Waals surface area contributed by atoms with Crippen LogP contribution in [0.4, 0.5) is 0 Å². The molecule has 1 unspecified atom stereocenters. The van der Waals surface area contributed by atoms with E-state index < -0.39 is 10.0 Å². The monoisotopic (exact) mass is 319 g/mol. The van der Waals surface area contributed by atoms with Gasteiger partial charge in [0.25, 0.3) is 0 Å². The molecule has 0 heterocycles. The van der Waals surface area contributed by atoms with Gasteiger partial charge in [0, 0.05) is 6.04 Å². The Kier molecular flexibility index (Phi) is 5.21. The van der Waals surface area contributed by atoms with Crippen LogP contribution in [0.15, 0.2) is 53.4 Å². The Hall–Kier alpha value is -1.85. The molecule has 5 heteroatoms. The lowest BCUT2D eigenvalue weighted by molar-refractivity contribution is 0.413. The van der Waals surface area contributed by atoms with E-state index in [1.54, 1.807) is 19.2 Å². The van der Waals surface area contributed by atoms with E-state index in [1.807, 2.05) is 50.2 Å². The van der Waals surface area contributed by atoms with Crippen LogP contribution in [0, 0.1) is 0 Å². The summed E-state index contributed by atoms with van der Waals surface area (Å²) in [6.07, 6.45) is 0.883. The standard InChI is InChI=1S/C17H21NO3S/c1-4-14-8-10-17(11-9-14)22(19,20)18-13(2)15-6-5-7-16(12-15)21-3/h5-13,18H,4H2,1-3H3. The molecule has 4 nitrogen and oxygen atoms in total. The van der Waals surface area contributed by atoms with Crippen molar-refractivity contribution in [1.82, 2.24) is 4.72 Å². The van der Waals surface area contributed by atoms with Gasteiger partial charge >= 0.3 is 0 Å². The second-order valence-corrected chi connectivity index (χ2v) is 6.83. The highest BCUT2D eigenvalue weighted by molar-refractivity contribution is 7.89. The lowest BCUT2D eigenvalue weighted by atomic mass is 10.1. The van der Waals surface area contributed by atoms with Gasteiger partial charge in [-0.3, -0.25) is 0 Å². The van der Waals surface area contributed by atoms with Gasteiger partial charge < -0.3 is 4.74 Å². The quantitative estimate of drug-likeness (QED) is 0.889. The van der Waals surface area contributed by atoms with Crippen LogP contribution < -0.4 is 9.46 Å². The van der Waals surface area contributed by atoms with Crippen LogP contribution in [-0.4, -0.2) is 15.5 Å². The Morgan fingerprint density at radius 3 is 2.41 bits per heavy atom. The van der Waals surface area contributed by atoms with Crippen molar-refractivity contribution in [3.05, 3.63) is 59.7 Å². The predicted octanol–water partition coefficient (Wildman–Crippen LogP) is 3.30. The molecule has 0 bridgehead atoms. The highest BCUT2D eigenvalue weighted by Crippen LogP contribution is 2.21. The van der Waals surface area contributed by atoms with Crippen molar-refractivity contribution in [2.45, 2.75) is 31.2 Å². The van der Waals surface area contributed by atoms with Gasteiger partial charge in [-0.1, -0.05) is 31.2 Å². The van der Waals surface area contributed by atoms with Crippen molar-refractivity contribution in [2.75, 3.05) is 7.11 Å². The molecule has 2 aromatic rings. The lowest BCUT2D eigenvalue weighted by Gasteiger charge is -2.15. The fourth-order valence-electron chi connectivity index (χ4n) is 2.18. The van der Waals surface area contributed by atoms with E-state index in [-0.39, 0.29) is 10.9 Å². The molecule has 0 fully saturated rings. The molecule has 0 saturated heterocycles. The first-order valence-electron chi connectivity index (χ1n) is 7.21. The van der Waals surface area contributed by atoms with E-state index in [9.17, 15) is 8.42 Å². The van der Waals surface area contributed by atoms with Crippen molar-refractivity contribution >= 4 is 10.0 Å². The molecule has 1 atom stereocenters. The molecule has 0 aliphatic carbocycles. The topological polar surface area (TPSA) is 55.4 Å². The molecular formula is C17H21NO3S. The van der Waals surface area contributed by atoms with E-state index in [0.29, 0.717) is 5.75 Å². The maximum absolute atomic E-state index is 12.4. The van der Waals surface area contributed by atoms with E-state index in [1.165, 1.54) is 0 Å². The predicted molar refractivity (Wildman–Crippen MR) is 87.6 cm³/mol. The zero-order valence-electron chi connectivity index (χ0n) is 13.0. The number of hydrogen-bond donors (Lipinski definition) is 1. The third-order valence-electron chi connectivity index (χ3n) is 3.57. The van der Waals surface area contributed by atoms with Crippen LogP contribution >= 0.6 is 0 Å². The Bertz CT molecular complexity index is 724. The average Bonchev–Trinajstić information content (AvgIpc) is 2.54. The lowest BCUT2D eigenvalue weighted by Crippen LogP contribution is -2.26. The summed E-state index contributed by atoms with van der Waals surface area (Å²) in [7, 11) is -1.96. The molecule has 1 N–H and O–H groups in total. The van der Waals surface area contributed by atoms with Gasteiger partial charge in [-0.2, -0.15) is 0 Å².